The highest BCUT2D eigenvalue weighted by molar-refractivity contribution is 5.83. The summed E-state index contributed by atoms with van der Waals surface area (Å²) in [7, 11) is 0. The van der Waals surface area contributed by atoms with Crippen molar-refractivity contribution in [2.45, 2.75) is 20.3 Å². The van der Waals surface area contributed by atoms with Crippen LogP contribution in [0.4, 0.5) is 0 Å². The summed E-state index contributed by atoms with van der Waals surface area (Å²) in [6.45, 7) is 3.24. The van der Waals surface area contributed by atoms with Gasteiger partial charge in [-0.15, -0.1) is 0 Å². The fourth-order valence-corrected chi connectivity index (χ4v) is 0.706. The van der Waals surface area contributed by atoms with Gasteiger partial charge >= 0.3 is 5.97 Å². The molecule has 0 atom stereocenters. The van der Waals surface area contributed by atoms with Crippen LogP contribution < -0.4 is 0 Å². The topological polar surface area (TPSA) is 70.4 Å². The molecule has 5 nitrogen and oxygen atoms in total. The van der Waals surface area contributed by atoms with Crippen LogP contribution in [0, 0.1) is 11.5 Å². The molecule has 0 saturated heterocycles. The van der Waals surface area contributed by atoms with Gasteiger partial charge in [0.15, 0.2) is 6.19 Å². The monoisotopic (exact) mass is 184 g/mol. The standard InChI is InChI=1S/C8H12N2O3/c1-3-7(11)10(6-9)5-8(12)13-4-2/h3-5H2,1-2H3. The van der Waals surface area contributed by atoms with E-state index in [1.165, 1.54) is 0 Å². The van der Waals surface area contributed by atoms with E-state index in [4.69, 9.17) is 5.26 Å². The molecular weight excluding hydrogens is 172 g/mol. The van der Waals surface area contributed by atoms with Gasteiger partial charge in [0.05, 0.1) is 6.61 Å². The molecule has 0 aromatic rings. The van der Waals surface area contributed by atoms with Crippen LogP contribution in [-0.2, 0) is 14.3 Å². The van der Waals surface area contributed by atoms with Crippen LogP contribution in [0.1, 0.15) is 20.3 Å². The highest BCUT2D eigenvalue weighted by atomic mass is 16.5. The molecule has 0 aromatic carbocycles. The van der Waals surface area contributed by atoms with Crippen LogP contribution in [0.2, 0.25) is 0 Å². The Bertz CT molecular complexity index is 232. The molecule has 0 unspecified atom stereocenters. The van der Waals surface area contributed by atoms with Crippen molar-refractivity contribution in [2.24, 2.45) is 0 Å². The number of ether oxygens (including phenoxy) is 1. The molecule has 0 saturated carbocycles. The first kappa shape index (κ1) is 11.4. The van der Waals surface area contributed by atoms with Gasteiger partial charge in [0.25, 0.3) is 0 Å². The average Bonchev–Trinajstić information content (AvgIpc) is 2.13. The number of esters is 1. The molecule has 0 rings (SSSR count). The Morgan fingerprint density at radius 1 is 1.46 bits per heavy atom. The molecule has 72 valence electrons. The van der Waals surface area contributed by atoms with Gasteiger partial charge in [-0.05, 0) is 6.92 Å². The number of carbonyl (C=O) groups is 2. The Hall–Kier alpha value is -1.57. The highest BCUT2D eigenvalue weighted by Crippen LogP contribution is 1.92. The molecule has 5 heteroatoms. The molecule has 0 heterocycles. The lowest BCUT2D eigenvalue weighted by Crippen LogP contribution is -2.31. The van der Waals surface area contributed by atoms with Gasteiger partial charge in [0, 0.05) is 6.42 Å². The van der Waals surface area contributed by atoms with E-state index in [1.807, 2.05) is 0 Å². The third kappa shape index (κ3) is 4.11. The number of amides is 1. The van der Waals surface area contributed by atoms with E-state index in [0.717, 1.165) is 4.90 Å². The van der Waals surface area contributed by atoms with Crippen molar-refractivity contribution < 1.29 is 14.3 Å². The fraction of sp³-hybridized carbons (Fsp3) is 0.625. The van der Waals surface area contributed by atoms with Gasteiger partial charge in [-0.3, -0.25) is 9.59 Å². The Kier molecular flexibility index (Phi) is 5.28. The zero-order chi connectivity index (χ0) is 10.3. The van der Waals surface area contributed by atoms with E-state index in [9.17, 15) is 9.59 Å². The van der Waals surface area contributed by atoms with Crippen molar-refractivity contribution in [1.29, 1.82) is 5.26 Å². The minimum Gasteiger partial charge on any atom is -0.465 e. The van der Waals surface area contributed by atoms with E-state index in [2.05, 4.69) is 4.74 Å². The van der Waals surface area contributed by atoms with E-state index >= 15 is 0 Å². The van der Waals surface area contributed by atoms with Gasteiger partial charge in [0.2, 0.25) is 5.91 Å². The van der Waals surface area contributed by atoms with Crippen molar-refractivity contribution >= 4 is 11.9 Å². The van der Waals surface area contributed by atoms with Crippen LogP contribution >= 0.6 is 0 Å². The Labute approximate surface area is 76.9 Å². The molecule has 0 aliphatic carbocycles. The molecular formula is C8H12N2O3. The lowest BCUT2D eigenvalue weighted by atomic mass is 10.4. The summed E-state index contributed by atoms with van der Waals surface area (Å²) in [5.74, 6) is -0.943. The Morgan fingerprint density at radius 3 is 2.46 bits per heavy atom. The van der Waals surface area contributed by atoms with Crippen LogP contribution in [0.15, 0.2) is 0 Å². The predicted molar refractivity (Wildman–Crippen MR) is 44.3 cm³/mol. The van der Waals surface area contributed by atoms with Crippen LogP contribution in [0.3, 0.4) is 0 Å². The average molecular weight is 184 g/mol. The smallest absolute Gasteiger partial charge is 0.326 e. The zero-order valence-electron chi connectivity index (χ0n) is 7.74. The molecule has 1 amide bonds. The van der Waals surface area contributed by atoms with E-state index < -0.39 is 5.97 Å². The van der Waals surface area contributed by atoms with Gasteiger partial charge < -0.3 is 4.74 Å². The van der Waals surface area contributed by atoms with Gasteiger partial charge in [0.1, 0.15) is 6.54 Å². The Balaban J connectivity index is 4.07. The van der Waals surface area contributed by atoms with Crippen molar-refractivity contribution in [3.63, 3.8) is 0 Å². The summed E-state index contributed by atoms with van der Waals surface area (Å²) in [5, 5.41) is 8.49. The van der Waals surface area contributed by atoms with Gasteiger partial charge in [-0.1, -0.05) is 6.92 Å². The number of hydrogen-bond donors (Lipinski definition) is 0. The van der Waals surface area contributed by atoms with Crippen molar-refractivity contribution in [3.05, 3.63) is 0 Å². The predicted octanol–water partition coefficient (Wildman–Crippen LogP) is 0.269. The largest absolute Gasteiger partial charge is 0.465 e. The van der Waals surface area contributed by atoms with Crippen molar-refractivity contribution in [3.8, 4) is 6.19 Å². The molecule has 0 radical (unpaired) electrons. The molecule has 0 N–H and O–H groups in total. The summed E-state index contributed by atoms with van der Waals surface area (Å²) >= 11 is 0. The van der Waals surface area contributed by atoms with E-state index in [0.29, 0.717) is 0 Å². The normalized spacial score (nSPS) is 8.69. The summed E-state index contributed by atoms with van der Waals surface area (Å²) < 4.78 is 4.58. The lowest BCUT2D eigenvalue weighted by molar-refractivity contribution is -0.147. The van der Waals surface area contributed by atoms with Crippen molar-refractivity contribution in [1.82, 2.24) is 4.90 Å². The first-order valence-corrected chi connectivity index (χ1v) is 4.01. The van der Waals surface area contributed by atoms with Crippen LogP contribution in [0.5, 0.6) is 0 Å². The van der Waals surface area contributed by atoms with E-state index in [-0.39, 0.29) is 25.5 Å². The molecule has 0 bridgehead atoms. The number of nitrogens with zero attached hydrogens (tertiary/aromatic N) is 2. The number of nitriles is 1. The van der Waals surface area contributed by atoms with Crippen LogP contribution in [0.25, 0.3) is 0 Å². The molecule has 0 aliphatic heterocycles. The maximum Gasteiger partial charge on any atom is 0.326 e. The zero-order valence-corrected chi connectivity index (χ0v) is 7.74. The lowest BCUT2D eigenvalue weighted by Gasteiger charge is -2.10. The highest BCUT2D eigenvalue weighted by Gasteiger charge is 2.15. The van der Waals surface area contributed by atoms with Gasteiger partial charge in [-0.2, -0.15) is 5.26 Å². The molecule has 0 aliphatic rings. The first-order valence-electron chi connectivity index (χ1n) is 4.01. The SMILES string of the molecule is CCOC(=O)CN(C#N)C(=O)CC. The number of hydrogen-bond acceptors (Lipinski definition) is 4. The quantitative estimate of drug-likeness (QED) is 0.357. The van der Waals surface area contributed by atoms with E-state index in [1.54, 1.807) is 20.0 Å². The van der Waals surface area contributed by atoms with Gasteiger partial charge in [-0.25, -0.2) is 4.90 Å². The fourth-order valence-electron chi connectivity index (χ4n) is 0.706. The molecule has 0 spiro atoms. The van der Waals surface area contributed by atoms with Crippen molar-refractivity contribution in [2.75, 3.05) is 13.2 Å². The number of rotatable bonds is 4. The molecule has 0 aromatic heterocycles. The summed E-state index contributed by atoms with van der Waals surface area (Å²) in [5.41, 5.74) is 0. The van der Waals surface area contributed by atoms with Crippen LogP contribution in [-0.4, -0.2) is 29.9 Å². The number of carbonyl (C=O) groups excluding carboxylic acids is 2. The first-order chi connectivity index (χ1) is 6.15. The second-order valence-electron chi connectivity index (χ2n) is 2.24. The minimum absolute atomic E-state index is 0.201. The Morgan fingerprint density at radius 2 is 2.08 bits per heavy atom. The second-order valence-corrected chi connectivity index (χ2v) is 2.24. The minimum atomic E-state index is -0.564. The maximum absolute atomic E-state index is 11.0. The maximum atomic E-state index is 11.0. The third-order valence-electron chi connectivity index (χ3n) is 1.32. The summed E-state index contributed by atoms with van der Waals surface area (Å²) in [4.78, 5) is 22.6. The summed E-state index contributed by atoms with van der Waals surface area (Å²) in [6, 6.07) is 0. The molecule has 13 heavy (non-hydrogen) atoms. The summed E-state index contributed by atoms with van der Waals surface area (Å²) in [6.07, 6.45) is 1.83. The second kappa shape index (κ2) is 6.00. The third-order valence-corrected chi connectivity index (χ3v) is 1.32. The molecule has 0 fully saturated rings.